The summed E-state index contributed by atoms with van der Waals surface area (Å²) in [5, 5.41) is 4.18. The third-order valence-corrected chi connectivity index (χ3v) is 4.78. The van der Waals surface area contributed by atoms with Gasteiger partial charge in [0.15, 0.2) is 5.82 Å². The molecule has 0 aliphatic heterocycles. The summed E-state index contributed by atoms with van der Waals surface area (Å²) in [6.07, 6.45) is 6.95. The maximum Gasteiger partial charge on any atom is 0.228 e. The number of hydrogen-bond donors (Lipinski definition) is 1. The summed E-state index contributed by atoms with van der Waals surface area (Å²) in [6, 6.07) is 0.0478. The Labute approximate surface area is 122 Å². The Morgan fingerprint density at radius 2 is 1.90 bits per heavy atom. The van der Waals surface area contributed by atoms with E-state index in [-0.39, 0.29) is 11.5 Å². The van der Waals surface area contributed by atoms with Crippen LogP contribution in [0.2, 0.25) is 0 Å². The van der Waals surface area contributed by atoms with Crippen LogP contribution in [0.25, 0.3) is 0 Å². The van der Waals surface area contributed by atoms with Gasteiger partial charge in [-0.15, -0.1) is 0 Å². The highest BCUT2D eigenvalue weighted by molar-refractivity contribution is 4.99. The molecule has 2 rings (SSSR count). The number of nitrogens with zero attached hydrogens (tertiary/aromatic N) is 2. The molecule has 0 bridgehead atoms. The van der Waals surface area contributed by atoms with Crippen molar-refractivity contribution in [3.05, 3.63) is 11.7 Å². The van der Waals surface area contributed by atoms with Gasteiger partial charge in [-0.3, -0.25) is 0 Å². The topological polar surface area (TPSA) is 64.9 Å². The van der Waals surface area contributed by atoms with Crippen molar-refractivity contribution in [3.8, 4) is 0 Å². The third kappa shape index (κ3) is 3.81. The molecule has 0 spiro atoms. The van der Waals surface area contributed by atoms with Crippen LogP contribution in [0.15, 0.2) is 4.52 Å². The van der Waals surface area contributed by atoms with E-state index in [1.165, 1.54) is 32.1 Å². The molecule has 1 aromatic rings. The van der Waals surface area contributed by atoms with E-state index in [4.69, 9.17) is 10.3 Å². The molecule has 1 aliphatic rings. The van der Waals surface area contributed by atoms with E-state index >= 15 is 0 Å². The SMILES string of the molecule is CCC1CCC(c2noc(CC(N)C(C)(C)C)n2)CC1. The molecule has 4 nitrogen and oxygen atoms in total. The number of rotatable bonds is 4. The Hall–Kier alpha value is -0.900. The van der Waals surface area contributed by atoms with E-state index in [0.29, 0.717) is 18.2 Å². The first-order valence-corrected chi connectivity index (χ1v) is 7.98. The molecule has 114 valence electrons. The first-order chi connectivity index (χ1) is 9.40. The Balaban J connectivity index is 1.93. The number of hydrogen-bond acceptors (Lipinski definition) is 4. The summed E-state index contributed by atoms with van der Waals surface area (Å²) < 4.78 is 5.40. The number of aromatic nitrogens is 2. The highest BCUT2D eigenvalue weighted by Gasteiger charge is 2.27. The third-order valence-electron chi connectivity index (χ3n) is 4.78. The molecule has 1 unspecified atom stereocenters. The molecule has 0 aromatic carbocycles. The summed E-state index contributed by atoms with van der Waals surface area (Å²) in [5.74, 6) is 2.98. The molecule has 0 saturated heterocycles. The molecule has 1 fully saturated rings. The van der Waals surface area contributed by atoms with E-state index in [1.807, 2.05) is 0 Å². The van der Waals surface area contributed by atoms with Crippen molar-refractivity contribution in [2.24, 2.45) is 17.1 Å². The monoisotopic (exact) mass is 279 g/mol. The average Bonchev–Trinajstić information content (AvgIpc) is 2.86. The van der Waals surface area contributed by atoms with Crippen molar-refractivity contribution in [3.63, 3.8) is 0 Å². The van der Waals surface area contributed by atoms with Gasteiger partial charge in [-0.05, 0) is 37.0 Å². The summed E-state index contributed by atoms with van der Waals surface area (Å²) in [7, 11) is 0. The molecule has 0 radical (unpaired) electrons. The molecule has 1 aromatic heterocycles. The fourth-order valence-electron chi connectivity index (χ4n) is 2.84. The number of nitrogens with two attached hydrogens (primary N) is 1. The van der Waals surface area contributed by atoms with Gasteiger partial charge in [-0.2, -0.15) is 4.98 Å². The molecule has 0 amide bonds. The lowest BCUT2D eigenvalue weighted by Crippen LogP contribution is -2.37. The van der Waals surface area contributed by atoms with Gasteiger partial charge < -0.3 is 10.3 Å². The van der Waals surface area contributed by atoms with Crippen molar-refractivity contribution in [1.82, 2.24) is 10.1 Å². The first kappa shape index (κ1) is 15.5. The molecule has 1 aliphatic carbocycles. The van der Waals surface area contributed by atoms with Gasteiger partial charge in [0, 0.05) is 18.4 Å². The van der Waals surface area contributed by atoms with Gasteiger partial charge in [0.2, 0.25) is 5.89 Å². The average molecular weight is 279 g/mol. The second-order valence-electron chi connectivity index (χ2n) is 7.35. The van der Waals surface area contributed by atoms with Crippen LogP contribution in [0.3, 0.4) is 0 Å². The predicted octanol–water partition coefficient (Wildman–Crippen LogP) is 3.67. The van der Waals surface area contributed by atoms with E-state index < -0.39 is 0 Å². The van der Waals surface area contributed by atoms with Crippen LogP contribution in [0.5, 0.6) is 0 Å². The summed E-state index contributed by atoms with van der Waals surface area (Å²) in [5.41, 5.74) is 6.24. The van der Waals surface area contributed by atoms with E-state index in [1.54, 1.807) is 0 Å². The van der Waals surface area contributed by atoms with Crippen LogP contribution in [-0.2, 0) is 6.42 Å². The Morgan fingerprint density at radius 1 is 1.25 bits per heavy atom. The van der Waals surface area contributed by atoms with Crippen LogP contribution in [0.4, 0.5) is 0 Å². The molecule has 1 atom stereocenters. The van der Waals surface area contributed by atoms with Crippen molar-refractivity contribution in [2.75, 3.05) is 0 Å². The quantitative estimate of drug-likeness (QED) is 0.913. The minimum atomic E-state index is 0.0478. The molecule has 1 heterocycles. The minimum Gasteiger partial charge on any atom is -0.339 e. The maximum absolute atomic E-state index is 6.18. The van der Waals surface area contributed by atoms with Crippen LogP contribution in [-0.4, -0.2) is 16.2 Å². The Morgan fingerprint density at radius 3 is 2.45 bits per heavy atom. The normalized spacial score (nSPS) is 25.6. The van der Waals surface area contributed by atoms with Crippen LogP contribution >= 0.6 is 0 Å². The first-order valence-electron chi connectivity index (χ1n) is 7.98. The van der Waals surface area contributed by atoms with Gasteiger partial charge in [0.1, 0.15) is 0 Å². The molecular formula is C16H29N3O. The molecule has 2 N–H and O–H groups in total. The second kappa shape index (κ2) is 6.25. The van der Waals surface area contributed by atoms with Crippen molar-refractivity contribution < 1.29 is 4.52 Å². The van der Waals surface area contributed by atoms with Crippen LogP contribution in [0, 0.1) is 11.3 Å². The zero-order chi connectivity index (χ0) is 14.8. The summed E-state index contributed by atoms with van der Waals surface area (Å²) in [6.45, 7) is 8.70. The maximum atomic E-state index is 6.18. The van der Waals surface area contributed by atoms with Crippen molar-refractivity contribution in [1.29, 1.82) is 0 Å². The van der Waals surface area contributed by atoms with Gasteiger partial charge in [0.25, 0.3) is 0 Å². The highest BCUT2D eigenvalue weighted by atomic mass is 16.5. The van der Waals surface area contributed by atoms with E-state index in [9.17, 15) is 0 Å². The van der Waals surface area contributed by atoms with Crippen LogP contribution < -0.4 is 5.73 Å². The zero-order valence-corrected chi connectivity index (χ0v) is 13.4. The lowest BCUT2D eigenvalue weighted by molar-refractivity contribution is 0.282. The van der Waals surface area contributed by atoms with Gasteiger partial charge in [-0.25, -0.2) is 0 Å². The Kier molecular flexibility index (Phi) is 4.84. The largest absolute Gasteiger partial charge is 0.339 e. The standard InChI is InChI=1S/C16H29N3O/c1-5-11-6-8-12(9-7-11)15-18-14(20-19-15)10-13(17)16(2,3)4/h11-13H,5-10,17H2,1-4H3. The lowest BCUT2D eigenvalue weighted by Gasteiger charge is -2.26. The van der Waals surface area contributed by atoms with Crippen molar-refractivity contribution >= 4 is 0 Å². The van der Waals surface area contributed by atoms with E-state index in [2.05, 4.69) is 37.8 Å². The zero-order valence-electron chi connectivity index (χ0n) is 13.4. The molecular weight excluding hydrogens is 250 g/mol. The Bertz CT molecular complexity index is 414. The van der Waals surface area contributed by atoms with Gasteiger partial charge in [0.05, 0.1) is 0 Å². The van der Waals surface area contributed by atoms with Crippen molar-refractivity contribution in [2.45, 2.75) is 78.2 Å². The summed E-state index contributed by atoms with van der Waals surface area (Å²) >= 11 is 0. The highest BCUT2D eigenvalue weighted by Crippen LogP contribution is 2.35. The molecule has 1 saturated carbocycles. The predicted molar refractivity (Wildman–Crippen MR) is 80.4 cm³/mol. The summed E-state index contributed by atoms with van der Waals surface area (Å²) in [4.78, 5) is 4.58. The van der Waals surface area contributed by atoms with Crippen LogP contribution in [0.1, 0.15) is 77.4 Å². The van der Waals surface area contributed by atoms with Gasteiger partial charge >= 0.3 is 0 Å². The lowest BCUT2D eigenvalue weighted by atomic mass is 9.80. The van der Waals surface area contributed by atoms with Gasteiger partial charge in [-0.1, -0.05) is 39.3 Å². The molecule has 20 heavy (non-hydrogen) atoms. The second-order valence-corrected chi connectivity index (χ2v) is 7.35. The smallest absolute Gasteiger partial charge is 0.228 e. The molecule has 4 heteroatoms. The fraction of sp³-hybridized carbons (Fsp3) is 0.875. The minimum absolute atomic E-state index is 0.0478. The fourth-order valence-corrected chi connectivity index (χ4v) is 2.84. The van der Waals surface area contributed by atoms with E-state index in [0.717, 1.165) is 11.7 Å².